The standard InChI is InChI=1S/C18H20N2O3/c1-13-12-14-6-2-3-9-16(14)20(13)18(22)17(21)19-10-4-7-15-8-5-11-23-15/h2-3,5-6,8-9,11,13H,4,7,10,12H2,1H3,(H,19,21)/t13-/m0/s1. The van der Waals surface area contributed by atoms with Crippen LogP contribution >= 0.6 is 0 Å². The van der Waals surface area contributed by atoms with Crippen molar-refractivity contribution in [1.82, 2.24) is 5.32 Å². The van der Waals surface area contributed by atoms with Gasteiger partial charge < -0.3 is 14.6 Å². The molecule has 5 nitrogen and oxygen atoms in total. The zero-order valence-electron chi connectivity index (χ0n) is 13.1. The SMILES string of the molecule is C[C@H]1Cc2ccccc2N1C(=O)C(=O)NCCCc1ccco1. The molecule has 1 aromatic carbocycles. The minimum absolute atomic E-state index is 0.00812. The molecule has 2 heterocycles. The summed E-state index contributed by atoms with van der Waals surface area (Å²) < 4.78 is 5.23. The van der Waals surface area contributed by atoms with E-state index in [9.17, 15) is 9.59 Å². The molecule has 23 heavy (non-hydrogen) atoms. The van der Waals surface area contributed by atoms with Gasteiger partial charge in [-0.1, -0.05) is 18.2 Å². The number of para-hydroxylation sites is 1. The Bertz CT molecular complexity index is 694. The molecule has 1 aliphatic heterocycles. The third kappa shape index (κ3) is 3.28. The summed E-state index contributed by atoms with van der Waals surface area (Å²) in [6.45, 7) is 2.41. The van der Waals surface area contributed by atoms with Gasteiger partial charge in [0.05, 0.1) is 6.26 Å². The van der Waals surface area contributed by atoms with Crippen molar-refractivity contribution in [3.63, 3.8) is 0 Å². The van der Waals surface area contributed by atoms with Crippen LogP contribution in [-0.2, 0) is 22.4 Å². The van der Waals surface area contributed by atoms with E-state index in [1.54, 1.807) is 11.2 Å². The fourth-order valence-electron chi connectivity index (χ4n) is 2.98. The van der Waals surface area contributed by atoms with Gasteiger partial charge in [0.1, 0.15) is 5.76 Å². The summed E-state index contributed by atoms with van der Waals surface area (Å²) in [7, 11) is 0. The summed E-state index contributed by atoms with van der Waals surface area (Å²) in [5.41, 5.74) is 1.95. The lowest BCUT2D eigenvalue weighted by Gasteiger charge is -2.21. The lowest BCUT2D eigenvalue weighted by Crippen LogP contribution is -2.45. The normalized spacial score (nSPS) is 16.2. The van der Waals surface area contributed by atoms with Crippen molar-refractivity contribution >= 4 is 17.5 Å². The molecule has 1 N–H and O–H groups in total. The molecule has 1 atom stereocenters. The predicted octanol–water partition coefficient (Wildman–Crippen LogP) is 2.31. The molecule has 2 aromatic rings. The second-order valence-electron chi connectivity index (χ2n) is 5.80. The Morgan fingerprint density at radius 3 is 2.87 bits per heavy atom. The third-order valence-electron chi connectivity index (χ3n) is 4.09. The second-order valence-corrected chi connectivity index (χ2v) is 5.80. The van der Waals surface area contributed by atoms with Gasteiger partial charge in [0.2, 0.25) is 0 Å². The Hall–Kier alpha value is -2.56. The van der Waals surface area contributed by atoms with Crippen molar-refractivity contribution in [2.24, 2.45) is 0 Å². The summed E-state index contributed by atoms with van der Waals surface area (Å²) in [5.74, 6) is -0.152. The summed E-state index contributed by atoms with van der Waals surface area (Å²) in [6, 6.07) is 11.5. The fourth-order valence-corrected chi connectivity index (χ4v) is 2.98. The lowest BCUT2D eigenvalue weighted by atomic mass is 10.1. The van der Waals surface area contributed by atoms with Crippen LogP contribution in [0.15, 0.2) is 47.1 Å². The van der Waals surface area contributed by atoms with Crippen LogP contribution in [0, 0.1) is 0 Å². The van der Waals surface area contributed by atoms with Crippen molar-refractivity contribution in [3.05, 3.63) is 54.0 Å². The van der Waals surface area contributed by atoms with Gasteiger partial charge in [0, 0.05) is 24.7 Å². The minimum Gasteiger partial charge on any atom is -0.469 e. The molecule has 0 spiro atoms. The quantitative estimate of drug-likeness (QED) is 0.696. The topological polar surface area (TPSA) is 62.6 Å². The van der Waals surface area contributed by atoms with E-state index in [1.807, 2.05) is 43.3 Å². The Balaban J connectivity index is 1.54. The highest BCUT2D eigenvalue weighted by atomic mass is 16.3. The molecule has 0 saturated carbocycles. The maximum atomic E-state index is 12.4. The van der Waals surface area contributed by atoms with Gasteiger partial charge in [0.25, 0.3) is 0 Å². The first-order chi connectivity index (χ1) is 11.2. The van der Waals surface area contributed by atoms with E-state index in [4.69, 9.17) is 4.42 Å². The van der Waals surface area contributed by atoms with Crippen LogP contribution in [0.5, 0.6) is 0 Å². The zero-order valence-corrected chi connectivity index (χ0v) is 13.1. The summed E-state index contributed by atoms with van der Waals surface area (Å²) in [6.07, 6.45) is 3.89. The molecule has 0 aliphatic carbocycles. The van der Waals surface area contributed by atoms with Crippen molar-refractivity contribution < 1.29 is 14.0 Å². The smallest absolute Gasteiger partial charge is 0.316 e. The first kappa shape index (κ1) is 15.3. The highest BCUT2D eigenvalue weighted by Gasteiger charge is 2.33. The summed E-state index contributed by atoms with van der Waals surface area (Å²) >= 11 is 0. The highest BCUT2D eigenvalue weighted by molar-refractivity contribution is 6.40. The number of hydrogen-bond acceptors (Lipinski definition) is 3. The first-order valence-electron chi connectivity index (χ1n) is 7.88. The van der Waals surface area contributed by atoms with Gasteiger partial charge in [-0.15, -0.1) is 0 Å². The number of amides is 2. The van der Waals surface area contributed by atoms with E-state index in [0.29, 0.717) is 6.54 Å². The van der Waals surface area contributed by atoms with Gasteiger partial charge in [-0.3, -0.25) is 9.59 Å². The number of nitrogens with one attached hydrogen (secondary N) is 1. The van der Waals surface area contributed by atoms with Gasteiger partial charge in [-0.25, -0.2) is 0 Å². The van der Waals surface area contributed by atoms with Crippen molar-refractivity contribution in [2.75, 3.05) is 11.4 Å². The van der Waals surface area contributed by atoms with Crippen molar-refractivity contribution in [2.45, 2.75) is 32.2 Å². The number of benzene rings is 1. The number of rotatable bonds is 4. The van der Waals surface area contributed by atoms with Crippen molar-refractivity contribution in [1.29, 1.82) is 0 Å². The van der Waals surface area contributed by atoms with Crippen LogP contribution in [0.1, 0.15) is 24.7 Å². The molecule has 0 unspecified atom stereocenters. The number of carbonyl (C=O) groups is 2. The average molecular weight is 312 g/mol. The van der Waals surface area contributed by atoms with E-state index in [2.05, 4.69) is 5.32 Å². The molecule has 0 fully saturated rings. The van der Waals surface area contributed by atoms with Crippen LogP contribution in [0.4, 0.5) is 5.69 Å². The maximum absolute atomic E-state index is 12.4. The van der Waals surface area contributed by atoms with Crippen molar-refractivity contribution in [3.8, 4) is 0 Å². The zero-order chi connectivity index (χ0) is 16.2. The Labute approximate surface area is 135 Å². The Kier molecular flexibility index (Phi) is 4.46. The van der Waals surface area contributed by atoms with Gasteiger partial charge in [0.15, 0.2) is 0 Å². The molecular weight excluding hydrogens is 292 g/mol. The van der Waals surface area contributed by atoms with E-state index in [0.717, 1.165) is 36.3 Å². The molecule has 0 bridgehead atoms. The number of aryl methyl sites for hydroxylation is 1. The number of hydrogen-bond donors (Lipinski definition) is 1. The third-order valence-corrected chi connectivity index (χ3v) is 4.09. The van der Waals surface area contributed by atoms with Crippen LogP contribution in [0.3, 0.4) is 0 Å². The Morgan fingerprint density at radius 2 is 2.09 bits per heavy atom. The van der Waals surface area contributed by atoms with E-state index < -0.39 is 11.8 Å². The average Bonchev–Trinajstić information content (AvgIpc) is 3.17. The maximum Gasteiger partial charge on any atom is 0.316 e. The van der Waals surface area contributed by atoms with Gasteiger partial charge in [-0.05, 0) is 43.5 Å². The van der Waals surface area contributed by atoms with E-state index in [1.165, 1.54) is 0 Å². The molecule has 120 valence electrons. The predicted molar refractivity (Wildman–Crippen MR) is 87.1 cm³/mol. The van der Waals surface area contributed by atoms with Crippen LogP contribution in [0.2, 0.25) is 0 Å². The number of carbonyl (C=O) groups excluding carboxylic acids is 2. The minimum atomic E-state index is -0.548. The Morgan fingerprint density at radius 1 is 1.26 bits per heavy atom. The second kappa shape index (κ2) is 6.69. The largest absolute Gasteiger partial charge is 0.469 e. The fraction of sp³-hybridized carbons (Fsp3) is 0.333. The number of anilines is 1. The molecule has 3 rings (SSSR count). The van der Waals surface area contributed by atoms with Gasteiger partial charge in [-0.2, -0.15) is 0 Å². The van der Waals surface area contributed by atoms with E-state index >= 15 is 0 Å². The number of furan rings is 1. The molecular formula is C18H20N2O3. The molecule has 0 radical (unpaired) electrons. The number of fused-ring (bicyclic) bond motifs is 1. The molecule has 2 amide bonds. The molecule has 1 aromatic heterocycles. The number of nitrogens with zero attached hydrogens (tertiary/aromatic N) is 1. The summed E-state index contributed by atoms with van der Waals surface area (Å²) in [4.78, 5) is 26.2. The van der Waals surface area contributed by atoms with Crippen LogP contribution in [0.25, 0.3) is 0 Å². The van der Waals surface area contributed by atoms with Gasteiger partial charge >= 0.3 is 11.8 Å². The first-order valence-corrected chi connectivity index (χ1v) is 7.88. The molecule has 0 saturated heterocycles. The monoisotopic (exact) mass is 312 g/mol. The molecule has 1 aliphatic rings. The lowest BCUT2D eigenvalue weighted by molar-refractivity contribution is -0.137. The highest BCUT2D eigenvalue weighted by Crippen LogP contribution is 2.31. The van der Waals surface area contributed by atoms with Crippen LogP contribution in [-0.4, -0.2) is 24.4 Å². The van der Waals surface area contributed by atoms with E-state index in [-0.39, 0.29) is 6.04 Å². The van der Waals surface area contributed by atoms with Crippen LogP contribution < -0.4 is 10.2 Å². The summed E-state index contributed by atoms with van der Waals surface area (Å²) in [5, 5.41) is 2.70. The molecule has 5 heteroatoms.